The van der Waals surface area contributed by atoms with Crippen LogP contribution in [0.3, 0.4) is 0 Å². The van der Waals surface area contributed by atoms with Crippen molar-refractivity contribution in [2.45, 2.75) is 105 Å². The summed E-state index contributed by atoms with van der Waals surface area (Å²) in [5, 5.41) is 15.5. The Labute approximate surface area is 181 Å². The summed E-state index contributed by atoms with van der Waals surface area (Å²) in [5.41, 5.74) is 4.21. The summed E-state index contributed by atoms with van der Waals surface area (Å²) in [6, 6.07) is 4.15. The molecule has 1 aromatic carbocycles. The molecule has 1 aromatic heterocycles. The van der Waals surface area contributed by atoms with Crippen molar-refractivity contribution >= 4 is 11.6 Å². The molecule has 0 radical (unpaired) electrons. The second kappa shape index (κ2) is 13.1. The van der Waals surface area contributed by atoms with Crippen molar-refractivity contribution in [1.82, 2.24) is 20.2 Å². The molecule has 0 unspecified atom stereocenters. The van der Waals surface area contributed by atoms with Gasteiger partial charge >= 0.3 is 0 Å². The number of carbonyl (C=O) groups is 1. The predicted molar refractivity (Wildman–Crippen MR) is 123 cm³/mol. The lowest BCUT2D eigenvalue weighted by Crippen LogP contribution is -2.17. The summed E-state index contributed by atoms with van der Waals surface area (Å²) >= 11 is 0. The van der Waals surface area contributed by atoms with Gasteiger partial charge in [-0.3, -0.25) is 4.79 Å². The predicted octanol–water partition coefficient (Wildman–Crippen LogP) is 5.70. The van der Waals surface area contributed by atoms with Gasteiger partial charge in [-0.2, -0.15) is 4.80 Å². The quantitative estimate of drug-likeness (QED) is 0.403. The van der Waals surface area contributed by atoms with E-state index in [0.717, 1.165) is 29.8 Å². The van der Waals surface area contributed by atoms with Crippen molar-refractivity contribution in [1.29, 1.82) is 0 Å². The average Bonchev–Trinajstić information content (AvgIpc) is 3.13. The Morgan fingerprint density at radius 3 is 2.07 bits per heavy atom. The van der Waals surface area contributed by atoms with Crippen molar-refractivity contribution < 1.29 is 4.79 Å². The van der Waals surface area contributed by atoms with Gasteiger partial charge in [-0.15, -0.1) is 10.2 Å². The van der Waals surface area contributed by atoms with Gasteiger partial charge in [0.1, 0.15) is 0 Å². The largest absolute Gasteiger partial charge is 0.325 e. The molecule has 2 rings (SSSR count). The first-order chi connectivity index (χ1) is 14.5. The molecule has 0 aliphatic rings. The van der Waals surface area contributed by atoms with Gasteiger partial charge in [0.15, 0.2) is 5.82 Å². The van der Waals surface area contributed by atoms with Gasteiger partial charge in [-0.05, 0) is 43.5 Å². The maximum absolute atomic E-state index is 12.4. The molecule has 6 heteroatoms. The van der Waals surface area contributed by atoms with E-state index in [9.17, 15) is 4.79 Å². The molecule has 0 bridgehead atoms. The zero-order valence-electron chi connectivity index (χ0n) is 19.3. The normalized spacial score (nSPS) is 11.1. The van der Waals surface area contributed by atoms with E-state index in [-0.39, 0.29) is 12.3 Å². The van der Waals surface area contributed by atoms with Crippen molar-refractivity contribution in [2.24, 2.45) is 0 Å². The molecule has 30 heavy (non-hydrogen) atoms. The molecule has 0 spiro atoms. The Hall–Kier alpha value is -2.24. The number of aryl methyl sites for hydroxylation is 4. The van der Waals surface area contributed by atoms with Crippen molar-refractivity contribution in [3.05, 3.63) is 34.6 Å². The zero-order chi connectivity index (χ0) is 21.8. The van der Waals surface area contributed by atoms with Gasteiger partial charge in [0.05, 0.1) is 13.0 Å². The number of rotatable bonds is 14. The summed E-state index contributed by atoms with van der Waals surface area (Å²) < 4.78 is 0. The zero-order valence-corrected chi connectivity index (χ0v) is 19.3. The van der Waals surface area contributed by atoms with E-state index in [1.165, 1.54) is 63.4 Å². The number of hydrogen-bond donors (Lipinski definition) is 1. The fraction of sp³-hybridized carbons (Fsp3) is 0.667. The minimum absolute atomic E-state index is 0.108. The third-order valence-corrected chi connectivity index (χ3v) is 5.47. The van der Waals surface area contributed by atoms with Crippen LogP contribution >= 0.6 is 0 Å². The van der Waals surface area contributed by atoms with E-state index in [2.05, 4.69) is 46.7 Å². The van der Waals surface area contributed by atoms with E-state index in [4.69, 9.17) is 0 Å². The Morgan fingerprint density at radius 1 is 0.900 bits per heavy atom. The SMILES string of the molecule is CCCCCCCCCCCCn1nnc(CC(=O)Nc2c(C)cc(C)cc2C)n1. The topological polar surface area (TPSA) is 72.7 Å². The average molecular weight is 414 g/mol. The first-order valence-electron chi connectivity index (χ1n) is 11.6. The van der Waals surface area contributed by atoms with Crippen LogP contribution in [0.4, 0.5) is 5.69 Å². The van der Waals surface area contributed by atoms with Crippen LogP contribution in [-0.4, -0.2) is 26.1 Å². The summed E-state index contributed by atoms with van der Waals surface area (Å²) in [7, 11) is 0. The van der Waals surface area contributed by atoms with Gasteiger partial charge in [0, 0.05) is 5.69 Å². The van der Waals surface area contributed by atoms with Crippen LogP contribution in [0.2, 0.25) is 0 Å². The number of tetrazole rings is 1. The van der Waals surface area contributed by atoms with Gasteiger partial charge in [-0.25, -0.2) is 0 Å². The highest BCUT2D eigenvalue weighted by atomic mass is 16.1. The lowest BCUT2D eigenvalue weighted by molar-refractivity contribution is -0.115. The van der Waals surface area contributed by atoms with E-state index < -0.39 is 0 Å². The highest BCUT2D eigenvalue weighted by Crippen LogP contribution is 2.22. The van der Waals surface area contributed by atoms with Gasteiger partial charge < -0.3 is 5.32 Å². The fourth-order valence-electron chi connectivity index (χ4n) is 3.89. The van der Waals surface area contributed by atoms with Crippen LogP contribution in [0.5, 0.6) is 0 Å². The fourth-order valence-corrected chi connectivity index (χ4v) is 3.89. The Bertz CT molecular complexity index is 761. The smallest absolute Gasteiger partial charge is 0.232 e. The lowest BCUT2D eigenvalue weighted by Gasteiger charge is -2.12. The third kappa shape index (κ3) is 8.64. The molecule has 2 aromatic rings. The number of nitrogens with one attached hydrogen (secondary N) is 1. The molecule has 0 aliphatic carbocycles. The first kappa shape index (κ1) is 24.0. The van der Waals surface area contributed by atoms with Crippen LogP contribution in [0.25, 0.3) is 0 Å². The molecular weight excluding hydrogens is 374 g/mol. The number of hydrogen-bond acceptors (Lipinski definition) is 4. The summed E-state index contributed by atoms with van der Waals surface area (Å²) in [5.74, 6) is 0.366. The highest BCUT2D eigenvalue weighted by Gasteiger charge is 2.12. The summed E-state index contributed by atoms with van der Waals surface area (Å²) in [6.45, 7) is 9.10. The van der Waals surface area contributed by atoms with Crippen LogP contribution in [0.15, 0.2) is 12.1 Å². The lowest BCUT2D eigenvalue weighted by atomic mass is 10.1. The van der Waals surface area contributed by atoms with Gasteiger partial charge in [0.25, 0.3) is 0 Å². The molecule has 0 fully saturated rings. The van der Waals surface area contributed by atoms with Gasteiger partial charge in [-0.1, -0.05) is 82.4 Å². The molecule has 6 nitrogen and oxygen atoms in total. The second-order valence-electron chi connectivity index (χ2n) is 8.48. The Morgan fingerprint density at radius 2 is 1.47 bits per heavy atom. The highest BCUT2D eigenvalue weighted by molar-refractivity contribution is 5.93. The molecule has 0 aliphatic heterocycles. The van der Waals surface area contributed by atoms with Crippen molar-refractivity contribution in [2.75, 3.05) is 5.32 Å². The number of carbonyl (C=O) groups excluding carboxylic acids is 1. The summed E-state index contributed by atoms with van der Waals surface area (Å²) in [4.78, 5) is 14.0. The monoisotopic (exact) mass is 413 g/mol. The molecule has 0 saturated carbocycles. The van der Waals surface area contributed by atoms with E-state index >= 15 is 0 Å². The second-order valence-corrected chi connectivity index (χ2v) is 8.48. The van der Waals surface area contributed by atoms with Crippen LogP contribution in [0.1, 0.15) is 93.6 Å². The third-order valence-electron chi connectivity index (χ3n) is 5.47. The minimum atomic E-state index is -0.108. The van der Waals surface area contributed by atoms with Crippen LogP contribution < -0.4 is 5.32 Å². The van der Waals surface area contributed by atoms with Crippen molar-refractivity contribution in [3.63, 3.8) is 0 Å². The summed E-state index contributed by atoms with van der Waals surface area (Å²) in [6.07, 6.45) is 13.2. The molecule has 1 heterocycles. The van der Waals surface area contributed by atoms with E-state index in [1.54, 1.807) is 4.80 Å². The Kier molecular flexibility index (Phi) is 10.5. The molecular formula is C24H39N5O. The molecule has 166 valence electrons. The maximum atomic E-state index is 12.4. The number of nitrogens with zero attached hydrogens (tertiary/aromatic N) is 4. The maximum Gasteiger partial charge on any atom is 0.232 e. The first-order valence-corrected chi connectivity index (χ1v) is 11.6. The molecule has 1 N–H and O–H groups in total. The van der Waals surface area contributed by atoms with Crippen molar-refractivity contribution in [3.8, 4) is 0 Å². The van der Waals surface area contributed by atoms with Gasteiger partial charge in [0.2, 0.25) is 5.91 Å². The standard InChI is InChI=1S/C24H39N5O/c1-5-6-7-8-9-10-11-12-13-14-15-29-27-22(26-28-29)18-23(30)25-24-20(3)16-19(2)17-21(24)4/h16-17H,5-15,18H2,1-4H3,(H,25,30). The minimum Gasteiger partial charge on any atom is -0.325 e. The number of amides is 1. The van der Waals surface area contributed by atoms with Crippen LogP contribution in [0, 0.1) is 20.8 Å². The molecule has 0 saturated heterocycles. The number of anilines is 1. The number of aromatic nitrogens is 4. The number of unbranched alkanes of at least 4 members (excludes halogenated alkanes) is 9. The Balaban J connectivity index is 1.64. The van der Waals surface area contributed by atoms with E-state index in [0.29, 0.717) is 5.82 Å². The molecule has 1 amide bonds. The molecule has 0 atom stereocenters. The van der Waals surface area contributed by atoms with E-state index in [1.807, 2.05) is 13.8 Å². The number of benzene rings is 1. The van der Waals surface area contributed by atoms with Crippen LogP contribution in [-0.2, 0) is 17.8 Å².